The van der Waals surface area contributed by atoms with E-state index in [4.69, 9.17) is 9.84 Å². The van der Waals surface area contributed by atoms with Gasteiger partial charge in [-0.1, -0.05) is 41.5 Å². The van der Waals surface area contributed by atoms with Crippen molar-refractivity contribution in [2.75, 3.05) is 13.2 Å². The minimum absolute atomic E-state index is 0.297. The second-order valence-electron chi connectivity index (χ2n) is 6.60. The highest BCUT2D eigenvalue weighted by Gasteiger charge is 2.55. The Kier molecular flexibility index (Phi) is 9.76. The molecule has 0 unspecified atom stereocenters. The molecule has 1 aliphatic rings. The predicted octanol–water partition coefficient (Wildman–Crippen LogP) is 5.16. The summed E-state index contributed by atoms with van der Waals surface area (Å²) in [5, 5.41) is 18.9. The average Bonchev–Trinajstić information content (AvgIpc) is 3.04. The number of fused-ring (bicyclic) bond motifs is 1. The van der Waals surface area contributed by atoms with Gasteiger partial charge in [0, 0.05) is 30.6 Å². The largest absolute Gasteiger partial charge is 0.493 e. The van der Waals surface area contributed by atoms with Crippen LogP contribution < -0.4 is 4.74 Å². The molecule has 0 saturated heterocycles. The van der Waals surface area contributed by atoms with Crippen molar-refractivity contribution in [1.82, 2.24) is 0 Å². The van der Waals surface area contributed by atoms with Gasteiger partial charge in [0.25, 0.3) is 0 Å². The van der Waals surface area contributed by atoms with Crippen LogP contribution in [0.1, 0.15) is 65.5 Å². The molecule has 0 bridgehead atoms. The van der Waals surface area contributed by atoms with Crippen molar-refractivity contribution in [3.05, 3.63) is 29.1 Å². The van der Waals surface area contributed by atoms with Gasteiger partial charge >= 0.3 is 6.18 Å². The van der Waals surface area contributed by atoms with E-state index in [0.29, 0.717) is 29.9 Å². The van der Waals surface area contributed by atoms with Gasteiger partial charge in [-0.05, 0) is 24.0 Å². The fraction of sp³-hybridized carbons (Fsp3) is 0.700. The van der Waals surface area contributed by atoms with Crippen molar-refractivity contribution in [3.8, 4) is 5.75 Å². The second kappa shape index (κ2) is 10.3. The zero-order valence-electron chi connectivity index (χ0n) is 17.0. The predicted molar refractivity (Wildman–Crippen MR) is 98.6 cm³/mol. The number of aliphatic hydroxyl groups excluding tert-OH is 1. The van der Waals surface area contributed by atoms with Crippen molar-refractivity contribution in [1.29, 1.82) is 0 Å². The van der Waals surface area contributed by atoms with Gasteiger partial charge in [0.15, 0.2) is 5.60 Å². The standard InChI is InChI=1S/C16H20F4O3.2C2H6/c1-14(2,9-15(22,4-5-21)16(18,19)20)12-8-11(17)7-10-3-6-23-13(10)12;2*1-2/h7-8,21-22H,3-6,9H2,1-2H3;2*1-2H3/t15-;;/m1../s1. The number of aliphatic hydroxyl groups is 2. The fourth-order valence-electron chi connectivity index (χ4n) is 3.11. The smallest absolute Gasteiger partial charge is 0.417 e. The third kappa shape index (κ3) is 6.07. The third-order valence-electron chi connectivity index (χ3n) is 4.26. The molecule has 158 valence electrons. The number of rotatable bonds is 5. The molecule has 1 aromatic rings. The van der Waals surface area contributed by atoms with E-state index in [1.807, 2.05) is 27.7 Å². The SMILES string of the molecule is CC.CC.CC(C)(C[C@](O)(CCO)C(F)(F)F)c1cc(F)cc2c1OCC2. The molecule has 1 aromatic carbocycles. The van der Waals surface area contributed by atoms with Gasteiger partial charge < -0.3 is 14.9 Å². The van der Waals surface area contributed by atoms with Crippen LogP contribution in [0.3, 0.4) is 0 Å². The molecule has 1 aliphatic heterocycles. The highest BCUT2D eigenvalue weighted by Crippen LogP contribution is 2.46. The Labute approximate surface area is 159 Å². The Morgan fingerprint density at radius 2 is 1.63 bits per heavy atom. The Bertz CT molecular complexity index is 585. The van der Waals surface area contributed by atoms with E-state index in [0.717, 1.165) is 6.07 Å². The first-order valence-corrected chi connectivity index (χ1v) is 9.36. The molecule has 0 fully saturated rings. The van der Waals surface area contributed by atoms with E-state index in [1.165, 1.54) is 19.9 Å². The number of halogens is 4. The van der Waals surface area contributed by atoms with Gasteiger partial charge in [0.1, 0.15) is 11.6 Å². The first-order chi connectivity index (χ1) is 12.5. The summed E-state index contributed by atoms with van der Waals surface area (Å²) in [5.74, 6) is -0.153. The summed E-state index contributed by atoms with van der Waals surface area (Å²) < 4.78 is 58.9. The lowest BCUT2D eigenvalue weighted by atomic mass is 9.73. The van der Waals surface area contributed by atoms with Gasteiger partial charge in [-0.25, -0.2) is 4.39 Å². The molecule has 1 heterocycles. The Morgan fingerprint density at radius 3 is 2.11 bits per heavy atom. The molecule has 1 atom stereocenters. The van der Waals surface area contributed by atoms with Gasteiger partial charge in [0.05, 0.1) is 6.61 Å². The van der Waals surface area contributed by atoms with E-state index < -0.39 is 42.5 Å². The average molecular weight is 396 g/mol. The Hall–Kier alpha value is -1.34. The summed E-state index contributed by atoms with van der Waals surface area (Å²) in [6.45, 7) is 10.5. The molecule has 3 nitrogen and oxygen atoms in total. The van der Waals surface area contributed by atoms with Crippen LogP contribution in [0.5, 0.6) is 5.75 Å². The molecule has 0 aromatic heterocycles. The summed E-state index contributed by atoms with van der Waals surface area (Å²) in [7, 11) is 0. The maximum atomic E-state index is 13.8. The van der Waals surface area contributed by atoms with Crippen LogP contribution in [-0.4, -0.2) is 35.2 Å². The maximum Gasteiger partial charge on any atom is 0.417 e. The topological polar surface area (TPSA) is 49.7 Å². The molecule has 2 N–H and O–H groups in total. The van der Waals surface area contributed by atoms with Gasteiger partial charge in [0.2, 0.25) is 0 Å². The van der Waals surface area contributed by atoms with Crippen LogP contribution in [0.25, 0.3) is 0 Å². The van der Waals surface area contributed by atoms with E-state index in [9.17, 15) is 22.7 Å². The molecular weight excluding hydrogens is 364 g/mol. The quantitative estimate of drug-likeness (QED) is 0.676. The molecule has 7 heteroatoms. The zero-order valence-corrected chi connectivity index (χ0v) is 17.0. The van der Waals surface area contributed by atoms with Crippen molar-refractivity contribution < 1.29 is 32.5 Å². The normalized spacial score (nSPS) is 15.4. The fourth-order valence-corrected chi connectivity index (χ4v) is 3.11. The first-order valence-electron chi connectivity index (χ1n) is 9.36. The van der Waals surface area contributed by atoms with Gasteiger partial charge in [-0.15, -0.1) is 0 Å². The summed E-state index contributed by atoms with van der Waals surface area (Å²) in [5.41, 5.74) is -3.34. The Morgan fingerprint density at radius 1 is 1.07 bits per heavy atom. The number of ether oxygens (including phenoxy) is 1. The molecule has 0 amide bonds. The number of alkyl halides is 3. The lowest BCUT2D eigenvalue weighted by Crippen LogP contribution is -2.49. The molecular formula is C20H32F4O3. The minimum atomic E-state index is -4.90. The summed E-state index contributed by atoms with van der Waals surface area (Å²) >= 11 is 0. The van der Waals surface area contributed by atoms with Crippen LogP contribution in [0, 0.1) is 5.82 Å². The monoisotopic (exact) mass is 396 g/mol. The summed E-state index contributed by atoms with van der Waals surface area (Å²) in [4.78, 5) is 0. The van der Waals surface area contributed by atoms with Crippen LogP contribution in [-0.2, 0) is 11.8 Å². The molecule has 0 saturated carbocycles. The van der Waals surface area contributed by atoms with E-state index in [2.05, 4.69) is 0 Å². The van der Waals surface area contributed by atoms with Crippen LogP contribution in [0.2, 0.25) is 0 Å². The van der Waals surface area contributed by atoms with Crippen molar-refractivity contribution >= 4 is 0 Å². The van der Waals surface area contributed by atoms with Gasteiger partial charge in [-0.3, -0.25) is 0 Å². The molecule has 0 radical (unpaired) electrons. The van der Waals surface area contributed by atoms with Crippen molar-refractivity contribution in [2.24, 2.45) is 0 Å². The third-order valence-corrected chi connectivity index (χ3v) is 4.26. The van der Waals surface area contributed by atoms with Crippen molar-refractivity contribution in [2.45, 2.75) is 78.0 Å². The lowest BCUT2D eigenvalue weighted by Gasteiger charge is -2.38. The lowest BCUT2D eigenvalue weighted by molar-refractivity contribution is -0.271. The number of benzene rings is 1. The minimum Gasteiger partial charge on any atom is -0.493 e. The van der Waals surface area contributed by atoms with Crippen LogP contribution >= 0.6 is 0 Å². The molecule has 0 aliphatic carbocycles. The molecule has 2 rings (SSSR count). The van der Waals surface area contributed by atoms with Crippen LogP contribution in [0.4, 0.5) is 17.6 Å². The van der Waals surface area contributed by atoms with E-state index in [1.54, 1.807) is 0 Å². The highest BCUT2D eigenvalue weighted by atomic mass is 19.4. The van der Waals surface area contributed by atoms with Gasteiger partial charge in [-0.2, -0.15) is 13.2 Å². The highest BCUT2D eigenvalue weighted by molar-refractivity contribution is 5.48. The Balaban J connectivity index is 0.00000158. The second-order valence-corrected chi connectivity index (χ2v) is 6.60. The number of hydrogen-bond acceptors (Lipinski definition) is 3. The number of hydrogen-bond donors (Lipinski definition) is 2. The molecule has 0 spiro atoms. The first kappa shape index (κ1) is 25.7. The maximum absolute atomic E-state index is 13.8. The van der Waals surface area contributed by atoms with E-state index in [-0.39, 0.29) is 0 Å². The van der Waals surface area contributed by atoms with Crippen molar-refractivity contribution in [3.63, 3.8) is 0 Å². The zero-order chi connectivity index (χ0) is 21.5. The molecule has 27 heavy (non-hydrogen) atoms. The van der Waals surface area contributed by atoms with E-state index >= 15 is 0 Å². The van der Waals surface area contributed by atoms with Crippen LogP contribution in [0.15, 0.2) is 12.1 Å². The summed E-state index contributed by atoms with van der Waals surface area (Å²) in [6, 6.07) is 2.46. The summed E-state index contributed by atoms with van der Waals surface area (Å²) in [6.07, 6.45) is -5.94.